The highest BCUT2D eigenvalue weighted by Gasteiger charge is 2.43. The summed E-state index contributed by atoms with van der Waals surface area (Å²) < 4.78 is 10.6. The van der Waals surface area contributed by atoms with E-state index in [0.29, 0.717) is 6.61 Å². The second kappa shape index (κ2) is 6.27. The molecule has 0 aromatic rings. The molecule has 6 heteroatoms. The van der Waals surface area contributed by atoms with Crippen molar-refractivity contribution in [2.75, 3.05) is 13.2 Å². The predicted octanol–water partition coefficient (Wildman–Crippen LogP) is -0.761. The van der Waals surface area contributed by atoms with Gasteiger partial charge >= 0.3 is 0 Å². The summed E-state index contributed by atoms with van der Waals surface area (Å²) in [4.78, 5) is 0. The van der Waals surface area contributed by atoms with Gasteiger partial charge in [0.25, 0.3) is 0 Å². The Kier molecular flexibility index (Phi) is 5.51. The van der Waals surface area contributed by atoms with Crippen molar-refractivity contribution in [3.05, 3.63) is 0 Å². The lowest BCUT2D eigenvalue weighted by molar-refractivity contribution is -0.301. The van der Waals surface area contributed by atoms with Crippen LogP contribution in [-0.4, -0.2) is 64.3 Å². The van der Waals surface area contributed by atoms with Gasteiger partial charge in [-0.15, -0.1) is 0 Å². The highest BCUT2D eigenvalue weighted by atomic mass is 16.7. The maximum Gasteiger partial charge on any atom is 0.186 e. The molecule has 0 unspecified atom stereocenters. The number of aliphatic hydroxyl groups is 4. The Morgan fingerprint density at radius 3 is 2.17 bits per heavy atom. The lowest BCUT2D eigenvalue weighted by Gasteiger charge is -2.39. The van der Waals surface area contributed by atoms with Gasteiger partial charge in [-0.2, -0.15) is 0 Å². The Hall–Kier alpha value is -0.240. The van der Waals surface area contributed by atoms with Crippen molar-refractivity contribution in [1.29, 1.82) is 0 Å². The molecule has 4 N–H and O–H groups in total. The van der Waals surface area contributed by atoms with E-state index in [1.165, 1.54) is 0 Å². The molecule has 1 saturated heterocycles. The zero-order valence-corrected chi connectivity index (χ0v) is 11.1. The normalized spacial score (nSPS) is 37.8. The third-order valence-electron chi connectivity index (χ3n) is 2.98. The van der Waals surface area contributed by atoms with Crippen molar-refractivity contribution in [2.24, 2.45) is 5.41 Å². The van der Waals surface area contributed by atoms with Crippen LogP contribution in [0.2, 0.25) is 0 Å². The van der Waals surface area contributed by atoms with Crippen molar-refractivity contribution in [1.82, 2.24) is 0 Å². The van der Waals surface area contributed by atoms with E-state index < -0.39 is 37.3 Å². The van der Waals surface area contributed by atoms with Gasteiger partial charge in [0, 0.05) is 0 Å². The topological polar surface area (TPSA) is 99.4 Å². The van der Waals surface area contributed by atoms with Crippen molar-refractivity contribution in [3.63, 3.8) is 0 Å². The molecule has 0 aromatic heterocycles. The van der Waals surface area contributed by atoms with Crippen LogP contribution < -0.4 is 0 Å². The quantitative estimate of drug-likeness (QED) is 0.532. The van der Waals surface area contributed by atoms with Crippen LogP contribution >= 0.6 is 0 Å². The minimum atomic E-state index is -1.38. The fourth-order valence-electron chi connectivity index (χ4n) is 1.69. The summed E-state index contributed by atoms with van der Waals surface area (Å²) in [6.45, 7) is 6.10. The van der Waals surface area contributed by atoms with Crippen LogP contribution in [0, 0.1) is 5.41 Å². The second-order valence-corrected chi connectivity index (χ2v) is 5.88. The highest BCUT2D eigenvalue weighted by Crippen LogP contribution is 2.24. The molecule has 0 spiro atoms. The molecular formula is C12H24O6. The predicted molar refractivity (Wildman–Crippen MR) is 63.8 cm³/mol. The van der Waals surface area contributed by atoms with E-state index in [2.05, 4.69) is 20.8 Å². The fraction of sp³-hybridized carbons (Fsp3) is 1.00. The van der Waals surface area contributed by atoms with Crippen molar-refractivity contribution in [2.45, 2.75) is 57.9 Å². The first-order chi connectivity index (χ1) is 8.26. The molecule has 0 bridgehead atoms. The minimum Gasteiger partial charge on any atom is -0.394 e. The Balaban J connectivity index is 2.49. The molecule has 1 aliphatic rings. The largest absolute Gasteiger partial charge is 0.394 e. The zero-order chi connectivity index (χ0) is 13.9. The van der Waals surface area contributed by atoms with Crippen LogP contribution in [0.15, 0.2) is 0 Å². The molecule has 0 radical (unpaired) electrons. The monoisotopic (exact) mass is 264 g/mol. The first kappa shape index (κ1) is 15.8. The van der Waals surface area contributed by atoms with E-state index >= 15 is 0 Å². The molecule has 18 heavy (non-hydrogen) atoms. The Labute approximate surface area is 107 Å². The second-order valence-electron chi connectivity index (χ2n) is 5.88. The standard InChI is InChI=1S/C12H24O6/c1-12(2,3)4-5-17-11-10(16)9(15)8(14)7(6-13)18-11/h7-11,13-16H,4-6H2,1-3H3/t7-,8-,9+,10-,11+/m1/s1. The number of rotatable bonds is 4. The fourth-order valence-corrected chi connectivity index (χ4v) is 1.69. The van der Waals surface area contributed by atoms with Gasteiger partial charge in [-0.05, 0) is 11.8 Å². The maximum atomic E-state index is 9.71. The van der Waals surface area contributed by atoms with Crippen LogP contribution in [0.1, 0.15) is 27.2 Å². The van der Waals surface area contributed by atoms with Gasteiger partial charge in [-0.3, -0.25) is 0 Å². The van der Waals surface area contributed by atoms with E-state index in [-0.39, 0.29) is 5.41 Å². The third-order valence-corrected chi connectivity index (χ3v) is 2.98. The first-order valence-corrected chi connectivity index (χ1v) is 6.18. The van der Waals surface area contributed by atoms with Gasteiger partial charge in [-0.1, -0.05) is 20.8 Å². The molecule has 0 aliphatic carbocycles. The van der Waals surface area contributed by atoms with E-state index in [4.69, 9.17) is 14.6 Å². The Morgan fingerprint density at radius 1 is 1.06 bits per heavy atom. The van der Waals surface area contributed by atoms with Crippen LogP contribution in [0.4, 0.5) is 0 Å². The van der Waals surface area contributed by atoms with Gasteiger partial charge in [0.2, 0.25) is 0 Å². The maximum absolute atomic E-state index is 9.71. The number of hydrogen-bond acceptors (Lipinski definition) is 6. The van der Waals surface area contributed by atoms with Gasteiger partial charge in [0.05, 0.1) is 13.2 Å². The first-order valence-electron chi connectivity index (χ1n) is 6.18. The van der Waals surface area contributed by atoms with Crippen molar-refractivity contribution < 1.29 is 29.9 Å². The summed E-state index contributed by atoms with van der Waals surface area (Å²) in [7, 11) is 0. The molecule has 1 rings (SSSR count). The third kappa shape index (κ3) is 4.15. The summed E-state index contributed by atoms with van der Waals surface area (Å²) in [5.41, 5.74) is 0.0914. The number of hydrogen-bond donors (Lipinski definition) is 4. The molecular weight excluding hydrogens is 240 g/mol. The molecule has 0 amide bonds. The molecule has 1 heterocycles. The molecule has 6 nitrogen and oxygen atoms in total. The lowest BCUT2D eigenvalue weighted by Crippen LogP contribution is -2.59. The van der Waals surface area contributed by atoms with E-state index in [0.717, 1.165) is 6.42 Å². The summed E-state index contributed by atoms with van der Waals surface area (Å²) in [5.74, 6) is 0. The molecule has 0 aromatic carbocycles. The average molecular weight is 264 g/mol. The summed E-state index contributed by atoms with van der Waals surface area (Å²) >= 11 is 0. The van der Waals surface area contributed by atoms with E-state index in [1.807, 2.05) is 0 Å². The lowest BCUT2D eigenvalue weighted by atomic mass is 9.93. The minimum absolute atomic E-state index is 0.0914. The Morgan fingerprint density at radius 2 is 1.67 bits per heavy atom. The molecule has 108 valence electrons. The number of ether oxygens (including phenoxy) is 2. The molecule has 0 saturated carbocycles. The Bertz CT molecular complexity index is 249. The van der Waals surface area contributed by atoms with E-state index in [1.54, 1.807) is 0 Å². The van der Waals surface area contributed by atoms with Crippen LogP contribution in [0.5, 0.6) is 0 Å². The van der Waals surface area contributed by atoms with Gasteiger partial charge in [0.1, 0.15) is 24.4 Å². The average Bonchev–Trinajstić information content (AvgIpc) is 2.27. The summed E-state index contributed by atoms with van der Waals surface area (Å²) in [5, 5.41) is 37.8. The van der Waals surface area contributed by atoms with Crippen LogP contribution in [0.3, 0.4) is 0 Å². The molecule has 5 atom stereocenters. The van der Waals surface area contributed by atoms with Gasteiger partial charge in [-0.25, -0.2) is 0 Å². The molecule has 1 aliphatic heterocycles. The van der Waals surface area contributed by atoms with Gasteiger partial charge in [0.15, 0.2) is 6.29 Å². The number of aliphatic hydroxyl groups excluding tert-OH is 4. The SMILES string of the molecule is CC(C)(C)CCO[C@H]1O[C@H](CO)[C@@H](O)[C@H](O)[C@H]1O. The summed E-state index contributed by atoms with van der Waals surface area (Å²) in [6.07, 6.45) is -5.21. The van der Waals surface area contributed by atoms with Crippen molar-refractivity contribution in [3.8, 4) is 0 Å². The van der Waals surface area contributed by atoms with Crippen LogP contribution in [0.25, 0.3) is 0 Å². The van der Waals surface area contributed by atoms with Crippen LogP contribution in [-0.2, 0) is 9.47 Å². The zero-order valence-electron chi connectivity index (χ0n) is 11.1. The van der Waals surface area contributed by atoms with E-state index in [9.17, 15) is 15.3 Å². The highest BCUT2D eigenvalue weighted by molar-refractivity contribution is 4.88. The summed E-state index contributed by atoms with van der Waals surface area (Å²) in [6, 6.07) is 0. The van der Waals surface area contributed by atoms with Gasteiger partial charge < -0.3 is 29.9 Å². The van der Waals surface area contributed by atoms with Crippen molar-refractivity contribution >= 4 is 0 Å². The smallest absolute Gasteiger partial charge is 0.186 e. The molecule has 1 fully saturated rings.